The van der Waals surface area contributed by atoms with Crippen LogP contribution in [0.25, 0.3) is 0 Å². The molecule has 0 amide bonds. The van der Waals surface area contributed by atoms with Crippen LogP contribution in [0.15, 0.2) is 52.7 Å². The molecule has 0 fully saturated rings. The molecular formula is C14H21N. The maximum Gasteiger partial charge on any atom is 0.0270 e. The summed E-state index contributed by atoms with van der Waals surface area (Å²) in [4.78, 5) is 3.93. The SMILES string of the molecule is C=CN=C/C=C(C)/C(C)=C/C=C(/C)CC. The molecule has 1 nitrogen and oxygen atoms in total. The van der Waals surface area contributed by atoms with E-state index in [2.05, 4.69) is 51.4 Å². The summed E-state index contributed by atoms with van der Waals surface area (Å²) in [5, 5.41) is 0. The lowest BCUT2D eigenvalue weighted by atomic mass is 10.1. The Morgan fingerprint density at radius 2 is 1.67 bits per heavy atom. The summed E-state index contributed by atoms with van der Waals surface area (Å²) in [7, 11) is 0. The predicted octanol–water partition coefficient (Wildman–Crippen LogP) is 4.45. The molecule has 0 bridgehead atoms. The molecule has 0 aromatic carbocycles. The summed E-state index contributed by atoms with van der Waals surface area (Å²) in [6.45, 7) is 12.0. The molecule has 0 aromatic heterocycles. The fraction of sp³-hybridized carbons (Fsp3) is 0.357. The van der Waals surface area contributed by atoms with Gasteiger partial charge in [-0.05, 0) is 44.4 Å². The summed E-state index contributed by atoms with van der Waals surface area (Å²) < 4.78 is 0. The van der Waals surface area contributed by atoms with Crippen molar-refractivity contribution in [3.8, 4) is 0 Å². The van der Waals surface area contributed by atoms with E-state index in [0.717, 1.165) is 6.42 Å². The van der Waals surface area contributed by atoms with Crippen molar-refractivity contribution in [1.82, 2.24) is 0 Å². The van der Waals surface area contributed by atoms with E-state index in [4.69, 9.17) is 0 Å². The van der Waals surface area contributed by atoms with Gasteiger partial charge in [0.2, 0.25) is 0 Å². The lowest BCUT2D eigenvalue weighted by molar-refractivity contribution is 1.10. The van der Waals surface area contributed by atoms with Crippen LogP contribution >= 0.6 is 0 Å². The van der Waals surface area contributed by atoms with Crippen LogP contribution in [-0.4, -0.2) is 6.21 Å². The summed E-state index contributed by atoms with van der Waals surface area (Å²) in [5.41, 5.74) is 3.88. The van der Waals surface area contributed by atoms with Gasteiger partial charge in [0, 0.05) is 12.4 Å². The van der Waals surface area contributed by atoms with Crippen molar-refractivity contribution in [1.29, 1.82) is 0 Å². The van der Waals surface area contributed by atoms with Gasteiger partial charge in [0.15, 0.2) is 0 Å². The zero-order valence-corrected chi connectivity index (χ0v) is 10.2. The second-order valence-corrected chi connectivity index (χ2v) is 3.55. The fourth-order valence-corrected chi connectivity index (χ4v) is 0.864. The zero-order valence-electron chi connectivity index (χ0n) is 10.2. The van der Waals surface area contributed by atoms with Crippen molar-refractivity contribution >= 4 is 6.21 Å². The van der Waals surface area contributed by atoms with E-state index in [9.17, 15) is 0 Å². The minimum atomic E-state index is 1.10. The normalized spacial score (nSPS) is 14.8. The van der Waals surface area contributed by atoms with Crippen LogP contribution in [-0.2, 0) is 0 Å². The Hall–Kier alpha value is -1.37. The second-order valence-electron chi connectivity index (χ2n) is 3.55. The standard InChI is InChI=1S/C14H21N/c1-6-12(3)8-9-13(4)14(5)10-11-15-7-2/h7-11H,2,6H2,1,3-5H3/b12-8-,13-9+,14-10+,15-11?. The first-order valence-electron chi connectivity index (χ1n) is 5.27. The third-order valence-electron chi connectivity index (χ3n) is 2.31. The van der Waals surface area contributed by atoms with Crippen LogP contribution in [0, 0.1) is 0 Å². The van der Waals surface area contributed by atoms with Gasteiger partial charge in [-0.2, -0.15) is 0 Å². The first-order chi connectivity index (χ1) is 7.11. The Labute approximate surface area is 93.6 Å². The summed E-state index contributed by atoms with van der Waals surface area (Å²) in [5.74, 6) is 0. The van der Waals surface area contributed by atoms with Gasteiger partial charge in [-0.1, -0.05) is 31.2 Å². The molecule has 0 aliphatic rings. The Morgan fingerprint density at radius 3 is 2.20 bits per heavy atom. The molecule has 0 unspecified atom stereocenters. The van der Waals surface area contributed by atoms with Crippen LogP contribution < -0.4 is 0 Å². The molecule has 0 saturated heterocycles. The number of aliphatic imine (C=N–C) groups is 1. The monoisotopic (exact) mass is 203 g/mol. The van der Waals surface area contributed by atoms with Crippen molar-refractivity contribution < 1.29 is 0 Å². The topological polar surface area (TPSA) is 12.4 Å². The predicted molar refractivity (Wildman–Crippen MR) is 70.3 cm³/mol. The summed E-state index contributed by atoms with van der Waals surface area (Å²) in [6, 6.07) is 0. The Kier molecular flexibility index (Phi) is 7.25. The molecule has 82 valence electrons. The average molecular weight is 203 g/mol. The molecule has 1 heteroatoms. The average Bonchev–Trinajstić information content (AvgIpc) is 2.25. The molecule has 0 aromatic rings. The summed E-state index contributed by atoms with van der Waals surface area (Å²) >= 11 is 0. The quantitative estimate of drug-likeness (QED) is 0.462. The first-order valence-corrected chi connectivity index (χ1v) is 5.27. The fourth-order valence-electron chi connectivity index (χ4n) is 0.864. The van der Waals surface area contributed by atoms with Gasteiger partial charge in [0.05, 0.1) is 0 Å². The van der Waals surface area contributed by atoms with Gasteiger partial charge in [-0.25, -0.2) is 0 Å². The molecule has 0 rings (SSSR count). The minimum absolute atomic E-state index is 1.10. The molecule has 0 spiro atoms. The van der Waals surface area contributed by atoms with Gasteiger partial charge < -0.3 is 0 Å². The molecule has 0 aliphatic heterocycles. The van der Waals surface area contributed by atoms with E-state index in [-0.39, 0.29) is 0 Å². The Morgan fingerprint density at radius 1 is 1.07 bits per heavy atom. The number of nitrogens with zero attached hydrogens (tertiary/aromatic N) is 1. The van der Waals surface area contributed by atoms with Crippen LogP contribution in [0.2, 0.25) is 0 Å². The maximum atomic E-state index is 3.93. The third kappa shape index (κ3) is 6.67. The molecule has 0 N–H and O–H groups in total. The van der Waals surface area contributed by atoms with Crippen LogP contribution in [0.3, 0.4) is 0 Å². The van der Waals surface area contributed by atoms with E-state index < -0.39 is 0 Å². The Bertz CT molecular complexity index is 314. The van der Waals surface area contributed by atoms with E-state index in [1.54, 1.807) is 6.21 Å². The maximum absolute atomic E-state index is 3.93. The van der Waals surface area contributed by atoms with Crippen LogP contribution in [0.1, 0.15) is 34.1 Å². The van der Waals surface area contributed by atoms with E-state index >= 15 is 0 Å². The molecular weight excluding hydrogens is 182 g/mol. The lowest BCUT2D eigenvalue weighted by Gasteiger charge is -1.98. The summed E-state index contributed by atoms with van der Waals surface area (Å²) in [6.07, 6.45) is 10.7. The lowest BCUT2D eigenvalue weighted by Crippen LogP contribution is -1.80. The van der Waals surface area contributed by atoms with E-state index in [0.29, 0.717) is 0 Å². The highest BCUT2D eigenvalue weighted by Crippen LogP contribution is 2.09. The second kappa shape index (κ2) is 7.98. The molecule has 0 radical (unpaired) electrons. The van der Waals surface area contributed by atoms with Gasteiger partial charge in [0.25, 0.3) is 0 Å². The highest BCUT2D eigenvalue weighted by atomic mass is 14.6. The first kappa shape index (κ1) is 13.6. The zero-order chi connectivity index (χ0) is 11.7. The molecule has 15 heavy (non-hydrogen) atoms. The molecule has 0 aliphatic carbocycles. The van der Waals surface area contributed by atoms with Crippen molar-refractivity contribution in [2.75, 3.05) is 0 Å². The minimum Gasteiger partial charge on any atom is -0.265 e. The molecule has 0 heterocycles. The van der Waals surface area contributed by atoms with Gasteiger partial charge in [-0.3, -0.25) is 4.99 Å². The highest BCUT2D eigenvalue weighted by molar-refractivity contribution is 5.73. The van der Waals surface area contributed by atoms with E-state index in [1.807, 2.05) is 6.08 Å². The number of hydrogen-bond acceptors (Lipinski definition) is 1. The van der Waals surface area contributed by atoms with Crippen LogP contribution in [0.5, 0.6) is 0 Å². The number of allylic oxidation sites excluding steroid dienone is 6. The number of hydrogen-bond donors (Lipinski definition) is 0. The van der Waals surface area contributed by atoms with Crippen molar-refractivity contribution in [2.45, 2.75) is 34.1 Å². The molecule has 0 atom stereocenters. The van der Waals surface area contributed by atoms with Gasteiger partial charge in [-0.15, -0.1) is 0 Å². The van der Waals surface area contributed by atoms with Crippen molar-refractivity contribution in [3.05, 3.63) is 47.7 Å². The van der Waals surface area contributed by atoms with E-state index in [1.165, 1.54) is 22.9 Å². The van der Waals surface area contributed by atoms with Gasteiger partial charge in [0.1, 0.15) is 0 Å². The number of rotatable bonds is 5. The van der Waals surface area contributed by atoms with Crippen molar-refractivity contribution in [3.63, 3.8) is 0 Å². The van der Waals surface area contributed by atoms with Gasteiger partial charge >= 0.3 is 0 Å². The van der Waals surface area contributed by atoms with Crippen LogP contribution in [0.4, 0.5) is 0 Å². The Balaban J connectivity index is 4.56. The van der Waals surface area contributed by atoms with Crippen molar-refractivity contribution in [2.24, 2.45) is 4.99 Å². The third-order valence-corrected chi connectivity index (χ3v) is 2.31. The molecule has 0 saturated carbocycles. The largest absolute Gasteiger partial charge is 0.265 e. The smallest absolute Gasteiger partial charge is 0.0270 e. The highest BCUT2D eigenvalue weighted by Gasteiger charge is 1.89.